The van der Waals surface area contributed by atoms with Crippen LogP contribution in [0.2, 0.25) is 0 Å². The molecule has 2 aliphatic rings. The fourth-order valence-electron chi connectivity index (χ4n) is 16.2. The normalized spacial score (nSPS) is 13.3. The minimum absolute atomic E-state index is 0.894. The zero-order valence-corrected chi connectivity index (χ0v) is 59.4. The van der Waals surface area contributed by atoms with Gasteiger partial charge in [0.25, 0.3) is 0 Å². The van der Waals surface area contributed by atoms with Crippen molar-refractivity contribution in [3.8, 4) is 67.1 Å². The van der Waals surface area contributed by atoms with Gasteiger partial charge in [-0.3, -0.25) is 17.4 Å². The maximum absolute atomic E-state index is 8.36. The molecule has 0 unspecified atom stereocenters. The SMILES string of the molecule is Cc1cc(C)cc(-c2ccc3c(C)cn(P(Oc4ccc5c(c4-c4c(OP(n6cc(C)c7ccc(-c8cc(C)cc(C)c8)cc76)n6cc(C)c7ccc(-c8cc(C)cc(C)c8)cc76)ccc6c4CCCC6)CCCC5)n4cc(C)c5ccc(-c6cc(C)cc(C)c6)cc54)c3c2)c1. The molecule has 8 heteroatoms. The van der Waals surface area contributed by atoms with Crippen molar-refractivity contribution < 1.29 is 9.05 Å². The molecule has 4 heterocycles. The summed E-state index contributed by atoms with van der Waals surface area (Å²) in [7, 11) is -3.40. The van der Waals surface area contributed by atoms with Crippen LogP contribution in [0.5, 0.6) is 11.5 Å². The van der Waals surface area contributed by atoms with Gasteiger partial charge in [0.05, 0.1) is 22.1 Å². The average Bonchev–Trinajstić information content (AvgIpc) is 1.46. The lowest BCUT2D eigenvalue weighted by Crippen LogP contribution is -2.13. The van der Waals surface area contributed by atoms with Crippen molar-refractivity contribution in [3.05, 3.63) is 284 Å². The van der Waals surface area contributed by atoms with Gasteiger partial charge in [0.15, 0.2) is 0 Å². The number of hydrogen-bond donors (Lipinski definition) is 0. The smallest absolute Gasteiger partial charge is 0.318 e. The average molecular weight is 1290 g/mol. The molecule has 0 amide bonds. The highest BCUT2D eigenvalue weighted by Crippen LogP contribution is 2.57. The van der Waals surface area contributed by atoms with E-state index in [4.69, 9.17) is 9.05 Å². The third-order valence-electron chi connectivity index (χ3n) is 20.5. The molecule has 14 aromatic rings. The van der Waals surface area contributed by atoms with Gasteiger partial charge in [-0.2, -0.15) is 0 Å². The van der Waals surface area contributed by atoms with Gasteiger partial charge < -0.3 is 9.05 Å². The van der Waals surface area contributed by atoms with Crippen LogP contribution in [0.15, 0.2) is 195 Å². The highest BCUT2D eigenvalue weighted by molar-refractivity contribution is 7.50. The second-order valence-corrected chi connectivity index (χ2v) is 31.4. The van der Waals surface area contributed by atoms with E-state index in [1.807, 2.05) is 0 Å². The molecule has 0 spiro atoms. The van der Waals surface area contributed by atoms with Crippen LogP contribution in [0, 0.1) is 83.1 Å². The van der Waals surface area contributed by atoms with E-state index in [1.54, 1.807) is 0 Å². The molecule has 6 nitrogen and oxygen atoms in total. The number of rotatable bonds is 13. The maximum Gasteiger partial charge on any atom is 0.318 e. The van der Waals surface area contributed by atoms with Crippen LogP contribution >= 0.6 is 16.9 Å². The van der Waals surface area contributed by atoms with E-state index in [-0.39, 0.29) is 0 Å². The summed E-state index contributed by atoms with van der Waals surface area (Å²) >= 11 is 0. The van der Waals surface area contributed by atoms with Crippen LogP contribution in [0.1, 0.15) is 115 Å². The largest absolute Gasteiger partial charge is 0.435 e. The van der Waals surface area contributed by atoms with Gasteiger partial charge in [0.2, 0.25) is 0 Å². The Morgan fingerprint density at radius 3 is 0.771 bits per heavy atom. The van der Waals surface area contributed by atoms with Gasteiger partial charge >= 0.3 is 16.9 Å². The fourth-order valence-corrected chi connectivity index (χ4v) is 20.1. The third-order valence-corrected chi connectivity index (χ3v) is 24.0. The Morgan fingerprint density at radius 2 is 0.510 bits per heavy atom. The van der Waals surface area contributed by atoms with E-state index < -0.39 is 16.9 Å². The van der Waals surface area contributed by atoms with E-state index in [1.165, 1.54) is 166 Å². The van der Waals surface area contributed by atoms with Crippen LogP contribution in [0.25, 0.3) is 99.2 Å². The lowest BCUT2D eigenvalue weighted by molar-refractivity contribution is 0.582. The van der Waals surface area contributed by atoms with Gasteiger partial charge in [-0.15, -0.1) is 0 Å². The Bertz CT molecular complexity index is 4800. The molecule has 2 aliphatic carbocycles. The molecule has 0 saturated carbocycles. The number of nitrogens with zero attached hydrogens (tertiary/aromatic N) is 4. The van der Waals surface area contributed by atoms with Crippen LogP contribution in [0.4, 0.5) is 0 Å². The Labute approximate surface area is 568 Å². The molecule has 0 N–H and O–H groups in total. The Kier molecular flexibility index (Phi) is 15.7. The van der Waals surface area contributed by atoms with Gasteiger partial charge in [-0.1, -0.05) is 178 Å². The molecular weight excluding hydrogens is 1210 g/mol. The quantitative estimate of drug-likeness (QED) is 0.108. The molecule has 478 valence electrons. The first-order chi connectivity index (χ1) is 46.4. The predicted molar refractivity (Wildman–Crippen MR) is 408 cm³/mol. The molecule has 0 bridgehead atoms. The van der Waals surface area contributed by atoms with Gasteiger partial charge in [0, 0.05) is 57.5 Å². The second kappa shape index (κ2) is 24.5. The number of hydrogen-bond acceptors (Lipinski definition) is 2. The first-order valence-electron chi connectivity index (χ1n) is 34.5. The lowest BCUT2D eigenvalue weighted by Gasteiger charge is -2.31. The summed E-state index contributed by atoms with van der Waals surface area (Å²) in [6.45, 7) is 26.7. The summed E-state index contributed by atoms with van der Waals surface area (Å²) in [6, 6.07) is 65.4. The standard InChI is InChI=1S/C88H84N4O2P2/c1-53-33-54(2)38-71(37-53)67-21-27-75-61(9)49-89(81(75)45-67)95(90-50-62(10)76-28-22-68(46-82(76)90)72-39-55(3)34-56(4)40-72)93-85-31-25-65-17-13-15-19-79(65)87(85)88-80-20-16-14-18-66(80)26-32-86(88)94-96(91-51-63(11)77-29-23-69(47-83(77)91)73-41-57(5)35-58(6)42-73)92-52-64(12)78-30-24-70(48-84(78)92)74-43-59(7)36-60(8)44-74/h21-52H,13-20H2,1-12H3. The van der Waals surface area contributed by atoms with Crippen LogP contribution in [-0.2, 0) is 25.7 Å². The summed E-state index contributed by atoms with van der Waals surface area (Å²) < 4.78 is 26.7. The van der Waals surface area contributed by atoms with Crippen LogP contribution in [-0.4, -0.2) is 17.4 Å². The number of benzene rings is 10. The minimum atomic E-state index is -1.70. The summed E-state index contributed by atoms with van der Waals surface area (Å²) in [4.78, 5) is 0. The van der Waals surface area contributed by atoms with E-state index in [9.17, 15) is 0 Å². The first kappa shape index (κ1) is 61.7. The van der Waals surface area contributed by atoms with E-state index in [0.29, 0.717) is 0 Å². The van der Waals surface area contributed by atoms with Crippen LogP contribution in [0.3, 0.4) is 0 Å². The van der Waals surface area contributed by atoms with Crippen LogP contribution < -0.4 is 9.05 Å². The van der Waals surface area contributed by atoms with E-state index >= 15 is 0 Å². The summed E-state index contributed by atoms with van der Waals surface area (Å²) in [5, 5.41) is 4.88. The topological polar surface area (TPSA) is 38.2 Å². The molecular formula is C88H84N4O2P2. The van der Waals surface area contributed by atoms with Crippen molar-refractivity contribution in [2.24, 2.45) is 0 Å². The van der Waals surface area contributed by atoms with Gasteiger partial charge in [-0.25, -0.2) is 0 Å². The molecule has 0 aliphatic heterocycles. The van der Waals surface area contributed by atoms with Crippen molar-refractivity contribution in [2.45, 2.75) is 134 Å². The molecule has 0 fully saturated rings. The Balaban J connectivity index is 0.939. The number of aryl methyl sites for hydroxylation is 14. The Morgan fingerprint density at radius 1 is 0.260 bits per heavy atom. The molecule has 96 heavy (non-hydrogen) atoms. The van der Waals surface area contributed by atoms with Crippen molar-refractivity contribution >= 4 is 60.5 Å². The molecule has 0 atom stereocenters. The number of fused-ring (bicyclic) bond motifs is 6. The predicted octanol–water partition coefficient (Wildman–Crippen LogP) is 24.7. The molecule has 4 aromatic heterocycles. The first-order valence-corrected chi connectivity index (χ1v) is 36.9. The molecule has 16 rings (SSSR count). The third kappa shape index (κ3) is 11.2. The minimum Gasteiger partial charge on any atom is -0.435 e. The second-order valence-electron chi connectivity index (χ2n) is 28.3. The maximum atomic E-state index is 8.36. The summed E-state index contributed by atoms with van der Waals surface area (Å²) in [5.41, 5.74) is 37.1. The van der Waals surface area contributed by atoms with Crippen molar-refractivity contribution in [3.63, 3.8) is 0 Å². The zero-order chi connectivity index (χ0) is 65.9. The van der Waals surface area contributed by atoms with Crippen molar-refractivity contribution in [1.82, 2.24) is 17.4 Å². The van der Waals surface area contributed by atoms with Crippen molar-refractivity contribution in [1.29, 1.82) is 0 Å². The Hall–Kier alpha value is -9.18. The molecule has 0 saturated heterocycles. The monoisotopic (exact) mass is 1290 g/mol. The van der Waals surface area contributed by atoms with Gasteiger partial charge in [0.1, 0.15) is 11.5 Å². The lowest BCUT2D eigenvalue weighted by atomic mass is 9.80. The highest BCUT2D eigenvalue weighted by atomic mass is 31.2. The zero-order valence-electron chi connectivity index (χ0n) is 57.6. The van der Waals surface area contributed by atoms with Gasteiger partial charge in [-0.05, 0) is 260 Å². The fraction of sp³-hybridized carbons (Fsp3) is 0.227. The van der Waals surface area contributed by atoms with E-state index in [0.717, 1.165) is 84.9 Å². The van der Waals surface area contributed by atoms with E-state index in [2.05, 4.69) is 295 Å². The highest BCUT2D eigenvalue weighted by Gasteiger charge is 2.34. The summed E-state index contributed by atoms with van der Waals surface area (Å²) in [6.07, 6.45) is 18.0. The molecule has 10 aromatic carbocycles. The number of aromatic nitrogens is 4. The summed E-state index contributed by atoms with van der Waals surface area (Å²) in [5.74, 6) is 1.79. The molecule has 0 radical (unpaired) electrons. The van der Waals surface area contributed by atoms with Crippen molar-refractivity contribution in [2.75, 3.05) is 0 Å².